The Hall–Kier alpha value is -6.64. The molecule has 15 heteroatoms. The highest BCUT2D eigenvalue weighted by atomic mass is 16.6. The molecule has 0 aromatic heterocycles. The van der Waals surface area contributed by atoms with E-state index < -0.39 is 65.7 Å². The van der Waals surface area contributed by atoms with Gasteiger partial charge < -0.3 is 11.5 Å². The lowest BCUT2D eigenvalue weighted by molar-refractivity contribution is -0.385. The number of hydrogen-bond donors (Lipinski definition) is 2. The van der Waals surface area contributed by atoms with Gasteiger partial charge in [-0.3, -0.25) is 49.5 Å². The summed E-state index contributed by atoms with van der Waals surface area (Å²) in [5, 5.41) is 33.5. The first-order chi connectivity index (χ1) is 20.8. The number of nitrogen functional groups attached to an aromatic ring is 2. The van der Waals surface area contributed by atoms with Gasteiger partial charge in [-0.1, -0.05) is 30.3 Å². The smallest absolute Gasteiger partial charge is 0.284 e. The van der Waals surface area contributed by atoms with Gasteiger partial charge in [0.15, 0.2) is 5.78 Å². The summed E-state index contributed by atoms with van der Waals surface area (Å²) in [7, 11) is 0. The molecule has 0 bridgehead atoms. The van der Waals surface area contributed by atoms with E-state index in [1.807, 2.05) is 0 Å². The molecule has 0 atom stereocenters. The van der Waals surface area contributed by atoms with E-state index in [9.17, 15) is 49.5 Å². The SMILES string of the molecule is Cc1ccc2c(c1[N+](=O)[O-])C(=O)c1ccccc1C2=O.Nc1ccc([N+](=O)[O-])c2c1C(=O)c1c([N+](=O)[O-])ccc(N)c1C2=O. The average Bonchev–Trinajstić information content (AvgIpc) is 2.98. The number of rotatable bonds is 3. The summed E-state index contributed by atoms with van der Waals surface area (Å²) in [6.45, 7) is 1.55. The summed E-state index contributed by atoms with van der Waals surface area (Å²) in [5.74, 6) is -2.71. The van der Waals surface area contributed by atoms with Crippen LogP contribution in [0.15, 0.2) is 60.7 Å². The summed E-state index contributed by atoms with van der Waals surface area (Å²) >= 11 is 0. The number of aryl methyl sites for hydroxylation is 1. The maximum atomic E-state index is 12.7. The Labute approximate surface area is 245 Å². The van der Waals surface area contributed by atoms with E-state index in [2.05, 4.69) is 0 Å². The lowest BCUT2D eigenvalue weighted by atomic mass is 9.81. The van der Waals surface area contributed by atoms with Crippen molar-refractivity contribution < 1.29 is 33.9 Å². The summed E-state index contributed by atoms with van der Waals surface area (Å²) in [6.07, 6.45) is 0. The molecule has 0 aliphatic heterocycles. The van der Waals surface area contributed by atoms with Gasteiger partial charge in [0, 0.05) is 45.8 Å². The van der Waals surface area contributed by atoms with Crippen molar-refractivity contribution in [1.82, 2.24) is 0 Å². The van der Waals surface area contributed by atoms with Crippen molar-refractivity contribution in [2.45, 2.75) is 6.92 Å². The van der Waals surface area contributed by atoms with Gasteiger partial charge in [-0.2, -0.15) is 0 Å². The molecular formula is C29H17N5O10. The minimum atomic E-state index is -0.945. The number of hydrogen-bond acceptors (Lipinski definition) is 12. The Balaban J connectivity index is 0.000000177. The third-order valence-corrected chi connectivity index (χ3v) is 7.18. The third-order valence-electron chi connectivity index (χ3n) is 7.18. The number of ketones is 4. The van der Waals surface area contributed by atoms with Gasteiger partial charge in [0.1, 0.15) is 16.7 Å². The lowest BCUT2D eigenvalue weighted by Gasteiger charge is -2.19. The van der Waals surface area contributed by atoms with E-state index in [0.717, 1.165) is 24.3 Å². The Morgan fingerprint density at radius 1 is 0.500 bits per heavy atom. The molecule has 0 radical (unpaired) electrons. The number of fused-ring (bicyclic) bond motifs is 4. The van der Waals surface area contributed by atoms with Crippen LogP contribution >= 0.6 is 0 Å². The number of nitro groups is 3. The van der Waals surface area contributed by atoms with Crippen molar-refractivity contribution in [1.29, 1.82) is 0 Å². The van der Waals surface area contributed by atoms with E-state index in [1.54, 1.807) is 25.1 Å². The van der Waals surface area contributed by atoms with Crippen LogP contribution in [0.4, 0.5) is 28.4 Å². The molecule has 0 unspecified atom stereocenters. The van der Waals surface area contributed by atoms with Crippen molar-refractivity contribution in [3.63, 3.8) is 0 Å². The zero-order chi connectivity index (χ0) is 32.2. The normalized spacial score (nSPS) is 12.7. The highest BCUT2D eigenvalue weighted by molar-refractivity contribution is 6.34. The molecule has 4 aromatic rings. The molecule has 0 heterocycles. The lowest BCUT2D eigenvalue weighted by Crippen LogP contribution is -2.26. The summed E-state index contributed by atoms with van der Waals surface area (Å²) in [4.78, 5) is 81.5. The molecule has 0 saturated carbocycles. The molecule has 0 amide bonds. The van der Waals surface area contributed by atoms with E-state index in [0.29, 0.717) is 11.1 Å². The van der Waals surface area contributed by atoms with E-state index >= 15 is 0 Å². The number of nitro benzene ring substituents is 3. The van der Waals surface area contributed by atoms with Crippen LogP contribution in [0.25, 0.3) is 0 Å². The second-order valence-electron chi connectivity index (χ2n) is 9.63. The maximum absolute atomic E-state index is 12.7. The standard InChI is InChI=1S/C15H9NO4.C14H8N4O6/c1-8-6-7-11-12(13(8)16(19)20)15(18)10-5-3-2-4-9(10)14(11)17;15-5-1-3-7(17(21)22)11-9(5)13(19)12-8(18(23)24)4-2-6(16)10(12)14(11)20/h2-7H,1H3;1-4H,15-16H2. The summed E-state index contributed by atoms with van der Waals surface area (Å²) in [6, 6.07) is 13.6. The molecule has 15 nitrogen and oxygen atoms in total. The summed E-state index contributed by atoms with van der Waals surface area (Å²) in [5.41, 5.74) is 8.52. The number of carbonyl (C=O) groups excluding carboxylic acids is 4. The van der Waals surface area contributed by atoms with Gasteiger partial charge in [0.25, 0.3) is 17.1 Å². The van der Waals surface area contributed by atoms with Crippen LogP contribution in [0.2, 0.25) is 0 Å². The van der Waals surface area contributed by atoms with Gasteiger partial charge >= 0.3 is 0 Å². The zero-order valence-electron chi connectivity index (χ0n) is 22.4. The second kappa shape index (κ2) is 10.3. The first-order valence-electron chi connectivity index (χ1n) is 12.5. The van der Waals surface area contributed by atoms with Crippen molar-refractivity contribution in [3.8, 4) is 0 Å². The molecule has 2 aliphatic carbocycles. The Bertz CT molecular complexity index is 1990. The van der Waals surface area contributed by atoms with Crippen LogP contribution in [0.1, 0.15) is 69.2 Å². The first kappa shape index (κ1) is 28.9. The van der Waals surface area contributed by atoms with Gasteiger partial charge in [0.2, 0.25) is 17.3 Å². The fourth-order valence-corrected chi connectivity index (χ4v) is 5.23. The van der Waals surface area contributed by atoms with Gasteiger partial charge in [-0.15, -0.1) is 0 Å². The molecule has 0 spiro atoms. The predicted octanol–water partition coefficient (Wildman–Crippen LogP) is 4.12. The predicted molar refractivity (Wildman–Crippen MR) is 153 cm³/mol. The fraction of sp³-hybridized carbons (Fsp3) is 0.0345. The van der Waals surface area contributed by atoms with Crippen LogP contribution in [0, 0.1) is 37.3 Å². The van der Waals surface area contributed by atoms with Gasteiger partial charge in [-0.25, -0.2) is 0 Å². The van der Waals surface area contributed by atoms with E-state index in [-0.39, 0.29) is 39.5 Å². The second-order valence-corrected chi connectivity index (χ2v) is 9.63. The van der Waals surface area contributed by atoms with Crippen molar-refractivity contribution in [2.75, 3.05) is 11.5 Å². The number of nitrogens with zero attached hydrogens (tertiary/aromatic N) is 3. The molecule has 6 rings (SSSR count). The number of nitrogens with two attached hydrogens (primary N) is 2. The Kier molecular flexibility index (Phi) is 6.77. The molecule has 4 aromatic carbocycles. The van der Waals surface area contributed by atoms with Gasteiger partial charge in [-0.05, 0) is 25.1 Å². The quantitative estimate of drug-likeness (QED) is 0.166. The summed E-state index contributed by atoms with van der Waals surface area (Å²) < 4.78 is 0. The van der Waals surface area contributed by atoms with Crippen LogP contribution in [0.3, 0.4) is 0 Å². The highest BCUT2D eigenvalue weighted by Crippen LogP contribution is 2.41. The van der Waals surface area contributed by atoms with Crippen molar-refractivity contribution >= 4 is 51.6 Å². The molecule has 4 N–H and O–H groups in total. The van der Waals surface area contributed by atoms with E-state index in [1.165, 1.54) is 18.2 Å². The van der Waals surface area contributed by atoms with Crippen LogP contribution in [-0.2, 0) is 0 Å². The molecule has 44 heavy (non-hydrogen) atoms. The van der Waals surface area contributed by atoms with Crippen molar-refractivity contribution in [2.24, 2.45) is 0 Å². The molecule has 2 aliphatic rings. The van der Waals surface area contributed by atoms with Crippen LogP contribution < -0.4 is 11.5 Å². The number of carbonyl (C=O) groups is 4. The third kappa shape index (κ3) is 4.23. The monoisotopic (exact) mass is 595 g/mol. The minimum absolute atomic E-state index is 0.0984. The average molecular weight is 595 g/mol. The van der Waals surface area contributed by atoms with Crippen LogP contribution in [-0.4, -0.2) is 37.9 Å². The number of benzene rings is 4. The largest absolute Gasteiger partial charge is 0.398 e. The van der Waals surface area contributed by atoms with Gasteiger partial charge in [0.05, 0.1) is 25.9 Å². The number of anilines is 2. The van der Waals surface area contributed by atoms with E-state index in [4.69, 9.17) is 11.5 Å². The highest BCUT2D eigenvalue weighted by Gasteiger charge is 2.42. The topological polar surface area (TPSA) is 250 Å². The van der Waals surface area contributed by atoms with Crippen molar-refractivity contribution in [3.05, 3.63) is 141 Å². The first-order valence-corrected chi connectivity index (χ1v) is 12.5. The molecule has 218 valence electrons. The van der Waals surface area contributed by atoms with Crippen LogP contribution in [0.5, 0.6) is 0 Å². The minimum Gasteiger partial charge on any atom is -0.398 e. The molecule has 0 saturated heterocycles. The molecule has 0 fully saturated rings. The maximum Gasteiger partial charge on any atom is 0.284 e. The zero-order valence-corrected chi connectivity index (χ0v) is 22.4. The Morgan fingerprint density at radius 2 is 0.955 bits per heavy atom. The molecular weight excluding hydrogens is 578 g/mol. The Morgan fingerprint density at radius 3 is 1.39 bits per heavy atom. The fourth-order valence-electron chi connectivity index (χ4n) is 5.23.